The number of carbonyl (C=O) groups is 1. The molecule has 1 aromatic carbocycles. The average Bonchev–Trinajstić information content (AvgIpc) is 2.69. The number of esters is 1. The third-order valence-corrected chi connectivity index (χ3v) is 4.23. The van der Waals surface area contributed by atoms with E-state index in [1.165, 1.54) is 38.4 Å². The predicted molar refractivity (Wildman–Crippen MR) is 101 cm³/mol. The standard InChI is InChI=1S/C19H23N5O2/c1-26-18(25)15-8-5-9-16(12-15)22-17-13-21-24-19(23-17)20-11-10-14-6-3-2-4-7-14/h5-6,8-9,12-13H,2-4,7,10-11H2,1H3,(H2,20,22,23,24). The van der Waals surface area contributed by atoms with Crippen molar-refractivity contribution in [1.82, 2.24) is 15.2 Å². The number of carbonyl (C=O) groups excluding carboxylic acids is 1. The summed E-state index contributed by atoms with van der Waals surface area (Å²) in [5.41, 5.74) is 2.70. The summed E-state index contributed by atoms with van der Waals surface area (Å²) in [6.45, 7) is 0.787. The normalized spacial score (nSPS) is 13.7. The highest BCUT2D eigenvalue weighted by molar-refractivity contribution is 5.90. The molecule has 1 aliphatic rings. The number of benzene rings is 1. The molecule has 0 bridgehead atoms. The summed E-state index contributed by atoms with van der Waals surface area (Å²) in [5, 5.41) is 14.3. The van der Waals surface area contributed by atoms with Crippen molar-refractivity contribution < 1.29 is 9.53 Å². The van der Waals surface area contributed by atoms with Crippen LogP contribution in [0.3, 0.4) is 0 Å². The van der Waals surface area contributed by atoms with Gasteiger partial charge in [-0.15, -0.1) is 5.10 Å². The van der Waals surface area contributed by atoms with Gasteiger partial charge in [0.05, 0.1) is 18.9 Å². The van der Waals surface area contributed by atoms with Crippen LogP contribution < -0.4 is 10.6 Å². The lowest BCUT2D eigenvalue weighted by Gasteiger charge is -2.13. The average molecular weight is 353 g/mol. The molecule has 1 aromatic heterocycles. The van der Waals surface area contributed by atoms with Crippen molar-refractivity contribution in [3.8, 4) is 0 Å². The third-order valence-electron chi connectivity index (χ3n) is 4.23. The van der Waals surface area contributed by atoms with E-state index < -0.39 is 0 Å². The largest absolute Gasteiger partial charge is 0.465 e. The number of nitrogens with one attached hydrogen (secondary N) is 2. The molecule has 1 heterocycles. The van der Waals surface area contributed by atoms with E-state index in [-0.39, 0.29) is 5.97 Å². The smallest absolute Gasteiger partial charge is 0.337 e. The van der Waals surface area contributed by atoms with Crippen molar-refractivity contribution in [3.05, 3.63) is 47.7 Å². The predicted octanol–water partition coefficient (Wildman–Crippen LogP) is 3.70. The Morgan fingerprint density at radius 3 is 3.04 bits per heavy atom. The quantitative estimate of drug-likeness (QED) is 0.579. The van der Waals surface area contributed by atoms with Crippen LogP contribution in [0.15, 0.2) is 42.1 Å². The molecule has 7 nitrogen and oxygen atoms in total. The first kappa shape index (κ1) is 17.8. The number of ether oxygens (including phenoxy) is 1. The SMILES string of the molecule is COC(=O)c1cccc(Nc2cnnc(NCCC3=CCCCC3)n2)c1. The summed E-state index contributed by atoms with van der Waals surface area (Å²) in [4.78, 5) is 16.0. The molecular formula is C19H23N5O2. The second-order valence-electron chi connectivity index (χ2n) is 6.15. The highest BCUT2D eigenvalue weighted by atomic mass is 16.5. The van der Waals surface area contributed by atoms with Gasteiger partial charge in [-0.2, -0.15) is 10.1 Å². The summed E-state index contributed by atoms with van der Waals surface area (Å²) in [6.07, 6.45) is 9.86. The Morgan fingerprint density at radius 1 is 1.31 bits per heavy atom. The van der Waals surface area contributed by atoms with Crippen LogP contribution in [-0.4, -0.2) is 34.8 Å². The fourth-order valence-corrected chi connectivity index (χ4v) is 2.89. The van der Waals surface area contributed by atoms with E-state index >= 15 is 0 Å². The first-order valence-electron chi connectivity index (χ1n) is 8.81. The molecule has 0 radical (unpaired) electrons. The van der Waals surface area contributed by atoms with Gasteiger partial charge in [0.2, 0.25) is 5.95 Å². The van der Waals surface area contributed by atoms with Crippen LogP contribution in [0.2, 0.25) is 0 Å². The second-order valence-corrected chi connectivity index (χ2v) is 6.15. The summed E-state index contributed by atoms with van der Waals surface area (Å²) < 4.78 is 4.74. The van der Waals surface area contributed by atoms with E-state index in [1.54, 1.807) is 24.4 Å². The maximum absolute atomic E-state index is 11.6. The van der Waals surface area contributed by atoms with Gasteiger partial charge in [-0.3, -0.25) is 0 Å². The van der Waals surface area contributed by atoms with Crippen molar-refractivity contribution in [2.75, 3.05) is 24.3 Å². The topological polar surface area (TPSA) is 89.0 Å². The second kappa shape index (κ2) is 8.94. The Morgan fingerprint density at radius 2 is 2.23 bits per heavy atom. The highest BCUT2D eigenvalue weighted by Crippen LogP contribution is 2.20. The van der Waals surface area contributed by atoms with E-state index in [0.717, 1.165) is 18.7 Å². The molecule has 136 valence electrons. The molecule has 0 amide bonds. The fraction of sp³-hybridized carbons (Fsp3) is 0.368. The van der Waals surface area contributed by atoms with Crippen LogP contribution in [0, 0.1) is 0 Å². The lowest BCUT2D eigenvalue weighted by atomic mass is 9.97. The number of methoxy groups -OCH3 is 1. The van der Waals surface area contributed by atoms with E-state index in [2.05, 4.69) is 31.9 Å². The van der Waals surface area contributed by atoms with Crippen molar-refractivity contribution >= 4 is 23.4 Å². The molecule has 3 rings (SSSR count). The minimum atomic E-state index is -0.381. The molecule has 2 N–H and O–H groups in total. The van der Waals surface area contributed by atoms with Crippen molar-refractivity contribution in [3.63, 3.8) is 0 Å². The maximum Gasteiger partial charge on any atom is 0.337 e. The van der Waals surface area contributed by atoms with Gasteiger partial charge in [0.25, 0.3) is 0 Å². The number of rotatable bonds is 7. The van der Waals surface area contributed by atoms with Crippen LogP contribution in [0.1, 0.15) is 42.5 Å². The van der Waals surface area contributed by atoms with Gasteiger partial charge >= 0.3 is 5.97 Å². The van der Waals surface area contributed by atoms with Crippen molar-refractivity contribution in [2.24, 2.45) is 0 Å². The zero-order valence-corrected chi connectivity index (χ0v) is 14.9. The van der Waals surface area contributed by atoms with E-state index in [0.29, 0.717) is 17.3 Å². The summed E-state index contributed by atoms with van der Waals surface area (Å²) in [6, 6.07) is 7.02. The van der Waals surface area contributed by atoms with Crippen LogP contribution in [0.25, 0.3) is 0 Å². The van der Waals surface area contributed by atoms with Crippen LogP contribution in [0.5, 0.6) is 0 Å². The number of nitrogens with zero attached hydrogens (tertiary/aromatic N) is 3. The number of anilines is 3. The Kier molecular flexibility index (Phi) is 6.14. The van der Waals surface area contributed by atoms with E-state index in [4.69, 9.17) is 4.74 Å². The summed E-state index contributed by atoms with van der Waals surface area (Å²) >= 11 is 0. The Labute approximate surface area is 152 Å². The van der Waals surface area contributed by atoms with Gasteiger partial charge in [-0.05, 0) is 50.3 Å². The van der Waals surface area contributed by atoms with Crippen LogP contribution >= 0.6 is 0 Å². The van der Waals surface area contributed by atoms with E-state index in [1.807, 2.05) is 6.07 Å². The number of hydrogen-bond donors (Lipinski definition) is 2. The summed E-state index contributed by atoms with van der Waals surface area (Å²) in [5.74, 6) is 0.658. The lowest BCUT2D eigenvalue weighted by molar-refractivity contribution is 0.0601. The molecule has 2 aromatic rings. The molecule has 0 saturated heterocycles. The minimum absolute atomic E-state index is 0.381. The van der Waals surface area contributed by atoms with Gasteiger partial charge in [0, 0.05) is 12.2 Å². The maximum atomic E-state index is 11.6. The van der Waals surface area contributed by atoms with Gasteiger partial charge in [0.1, 0.15) is 0 Å². The fourth-order valence-electron chi connectivity index (χ4n) is 2.89. The zero-order chi connectivity index (χ0) is 18.2. The molecule has 7 heteroatoms. The van der Waals surface area contributed by atoms with Crippen molar-refractivity contribution in [2.45, 2.75) is 32.1 Å². The third kappa shape index (κ3) is 5.02. The number of hydrogen-bond acceptors (Lipinski definition) is 7. The van der Waals surface area contributed by atoms with Gasteiger partial charge in [0.15, 0.2) is 5.82 Å². The Bertz CT molecular complexity index is 791. The molecule has 0 saturated carbocycles. The summed E-state index contributed by atoms with van der Waals surface area (Å²) in [7, 11) is 1.36. The van der Waals surface area contributed by atoms with Gasteiger partial charge in [-0.1, -0.05) is 17.7 Å². The molecule has 0 fully saturated rings. The first-order chi connectivity index (χ1) is 12.7. The highest BCUT2D eigenvalue weighted by Gasteiger charge is 2.07. The van der Waals surface area contributed by atoms with Gasteiger partial charge < -0.3 is 15.4 Å². The van der Waals surface area contributed by atoms with Crippen LogP contribution in [0.4, 0.5) is 17.5 Å². The van der Waals surface area contributed by atoms with Crippen LogP contribution in [-0.2, 0) is 4.74 Å². The molecule has 0 atom stereocenters. The van der Waals surface area contributed by atoms with Crippen molar-refractivity contribution in [1.29, 1.82) is 0 Å². The molecule has 0 unspecified atom stereocenters. The molecule has 0 aliphatic heterocycles. The molecule has 26 heavy (non-hydrogen) atoms. The Balaban J connectivity index is 1.58. The Hall–Kier alpha value is -2.96. The molecular weight excluding hydrogens is 330 g/mol. The lowest BCUT2D eigenvalue weighted by Crippen LogP contribution is -2.09. The number of aromatic nitrogens is 3. The zero-order valence-electron chi connectivity index (χ0n) is 14.9. The monoisotopic (exact) mass is 353 g/mol. The molecule has 1 aliphatic carbocycles. The first-order valence-corrected chi connectivity index (χ1v) is 8.81. The number of allylic oxidation sites excluding steroid dienone is 1. The van der Waals surface area contributed by atoms with E-state index in [9.17, 15) is 4.79 Å². The van der Waals surface area contributed by atoms with Gasteiger partial charge in [-0.25, -0.2) is 4.79 Å². The minimum Gasteiger partial charge on any atom is -0.465 e. The molecule has 0 spiro atoms.